The molecular weight excluding hydrogens is 274 g/mol. The van der Waals surface area contributed by atoms with E-state index >= 15 is 0 Å². The van der Waals surface area contributed by atoms with Crippen molar-refractivity contribution in [1.82, 2.24) is 19.1 Å². The van der Waals surface area contributed by atoms with Crippen molar-refractivity contribution in [2.45, 2.75) is 12.8 Å². The number of hydrogen-bond donors (Lipinski definition) is 2. The summed E-state index contributed by atoms with van der Waals surface area (Å²) in [5.41, 5.74) is -0.0265. The molecule has 8 heteroatoms. The molecule has 0 aliphatic carbocycles. The fourth-order valence-electron chi connectivity index (χ4n) is 2.60. The largest absolute Gasteiger partial charge is 0.381 e. The van der Waals surface area contributed by atoms with Crippen LogP contribution in [0.3, 0.4) is 0 Å². The van der Waals surface area contributed by atoms with Crippen LogP contribution in [0.2, 0.25) is 0 Å². The van der Waals surface area contributed by atoms with Crippen molar-refractivity contribution in [3.8, 4) is 0 Å². The summed E-state index contributed by atoms with van der Waals surface area (Å²) in [5.74, 6) is 1.06. The van der Waals surface area contributed by atoms with Crippen molar-refractivity contribution in [1.29, 1.82) is 0 Å². The average Bonchev–Trinajstić information content (AvgIpc) is 2.94. The van der Waals surface area contributed by atoms with Gasteiger partial charge in [-0.3, -0.25) is 13.9 Å². The van der Waals surface area contributed by atoms with Crippen LogP contribution < -0.4 is 16.6 Å². The maximum Gasteiger partial charge on any atom is 0.332 e. The molecule has 1 fully saturated rings. The minimum atomic E-state index is -0.380. The Morgan fingerprint density at radius 2 is 2.00 bits per heavy atom. The molecule has 0 saturated carbocycles. The Morgan fingerprint density at radius 3 is 2.71 bits per heavy atom. The number of aromatic amines is 1. The fraction of sp³-hybridized carbons (Fsp3) is 0.615. The predicted octanol–water partition coefficient (Wildman–Crippen LogP) is -0.201. The number of ether oxygens (including phenoxy) is 1. The second-order valence-electron chi connectivity index (χ2n) is 5.43. The van der Waals surface area contributed by atoms with E-state index in [4.69, 9.17) is 4.74 Å². The summed E-state index contributed by atoms with van der Waals surface area (Å²) in [6.07, 6.45) is 2.04. The average molecular weight is 293 g/mol. The molecule has 2 aromatic heterocycles. The van der Waals surface area contributed by atoms with Crippen LogP contribution in [0.25, 0.3) is 11.2 Å². The lowest BCUT2D eigenvalue weighted by atomic mass is 10.0. The summed E-state index contributed by atoms with van der Waals surface area (Å²) >= 11 is 0. The zero-order valence-electron chi connectivity index (χ0n) is 12.2. The zero-order chi connectivity index (χ0) is 15.0. The molecule has 0 bridgehead atoms. The lowest BCUT2D eigenvalue weighted by Gasteiger charge is -2.21. The quantitative estimate of drug-likeness (QED) is 0.817. The van der Waals surface area contributed by atoms with Crippen LogP contribution in [0, 0.1) is 5.92 Å². The summed E-state index contributed by atoms with van der Waals surface area (Å²) in [6, 6.07) is 0. The van der Waals surface area contributed by atoms with Crippen molar-refractivity contribution in [2.75, 3.05) is 25.1 Å². The number of anilines is 1. The highest BCUT2D eigenvalue weighted by molar-refractivity contribution is 5.72. The summed E-state index contributed by atoms with van der Waals surface area (Å²) < 4.78 is 7.76. The van der Waals surface area contributed by atoms with Crippen molar-refractivity contribution in [2.24, 2.45) is 20.0 Å². The van der Waals surface area contributed by atoms with E-state index in [1.165, 1.54) is 11.6 Å². The summed E-state index contributed by atoms with van der Waals surface area (Å²) in [7, 11) is 3.06. The number of aryl methyl sites for hydroxylation is 1. The van der Waals surface area contributed by atoms with Crippen LogP contribution in [0.15, 0.2) is 9.59 Å². The third-order valence-electron chi connectivity index (χ3n) is 3.99. The number of H-pyrrole nitrogens is 1. The maximum atomic E-state index is 12.1. The molecule has 0 amide bonds. The van der Waals surface area contributed by atoms with Crippen molar-refractivity contribution < 1.29 is 4.74 Å². The van der Waals surface area contributed by atoms with E-state index in [0.717, 1.165) is 37.2 Å². The van der Waals surface area contributed by atoms with Crippen molar-refractivity contribution >= 4 is 17.1 Å². The highest BCUT2D eigenvalue weighted by Crippen LogP contribution is 2.15. The predicted molar refractivity (Wildman–Crippen MR) is 78.6 cm³/mol. The van der Waals surface area contributed by atoms with Crippen molar-refractivity contribution in [3.05, 3.63) is 20.8 Å². The molecule has 1 saturated heterocycles. The molecule has 8 nitrogen and oxygen atoms in total. The molecule has 2 N–H and O–H groups in total. The third-order valence-corrected chi connectivity index (χ3v) is 3.99. The Kier molecular flexibility index (Phi) is 3.54. The topological polar surface area (TPSA) is 93.9 Å². The third kappa shape index (κ3) is 2.46. The molecule has 0 spiro atoms. The first-order valence-electron chi connectivity index (χ1n) is 7.05. The van der Waals surface area contributed by atoms with Crippen LogP contribution in [-0.2, 0) is 18.8 Å². The zero-order valence-corrected chi connectivity index (χ0v) is 12.2. The Hall–Kier alpha value is -2.09. The SMILES string of the molecule is Cn1c(=O)c2[nH]c(NCC3CCOCC3)nc2n(C)c1=O. The van der Waals surface area contributed by atoms with Gasteiger partial charge in [-0.1, -0.05) is 0 Å². The molecule has 0 atom stereocenters. The monoisotopic (exact) mass is 293 g/mol. The number of fused-ring (bicyclic) bond motifs is 1. The highest BCUT2D eigenvalue weighted by Gasteiger charge is 2.16. The van der Waals surface area contributed by atoms with E-state index in [1.54, 1.807) is 7.05 Å². The van der Waals surface area contributed by atoms with Crippen LogP contribution >= 0.6 is 0 Å². The Balaban J connectivity index is 1.87. The van der Waals surface area contributed by atoms with Gasteiger partial charge < -0.3 is 15.0 Å². The van der Waals surface area contributed by atoms with Crippen LogP contribution in [0.1, 0.15) is 12.8 Å². The van der Waals surface area contributed by atoms with E-state index in [1.807, 2.05) is 0 Å². The van der Waals surface area contributed by atoms with Gasteiger partial charge in [0.15, 0.2) is 11.2 Å². The fourth-order valence-corrected chi connectivity index (χ4v) is 2.60. The second kappa shape index (κ2) is 5.36. The van der Waals surface area contributed by atoms with Crippen LogP contribution in [0.5, 0.6) is 0 Å². The number of aromatic nitrogens is 4. The van der Waals surface area contributed by atoms with Gasteiger partial charge in [0, 0.05) is 33.9 Å². The van der Waals surface area contributed by atoms with Gasteiger partial charge in [0.25, 0.3) is 5.56 Å². The van der Waals surface area contributed by atoms with Gasteiger partial charge in [0.1, 0.15) is 0 Å². The molecule has 1 aliphatic heterocycles. The standard InChI is InChI=1S/C13H19N5O3/c1-17-10-9(11(19)18(2)13(17)20)15-12(16-10)14-7-8-3-5-21-6-4-8/h8H,3-7H2,1-2H3,(H2,14,15,16). The maximum absolute atomic E-state index is 12.1. The minimum absolute atomic E-state index is 0.342. The smallest absolute Gasteiger partial charge is 0.332 e. The lowest BCUT2D eigenvalue weighted by molar-refractivity contribution is 0.0699. The van der Waals surface area contributed by atoms with Gasteiger partial charge >= 0.3 is 5.69 Å². The molecule has 114 valence electrons. The first-order chi connectivity index (χ1) is 10.1. The summed E-state index contributed by atoms with van der Waals surface area (Å²) in [4.78, 5) is 31.2. The van der Waals surface area contributed by atoms with Gasteiger partial charge in [-0.05, 0) is 18.8 Å². The van der Waals surface area contributed by atoms with Gasteiger partial charge in [-0.2, -0.15) is 4.98 Å². The number of nitrogens with zero attached hydrogens (tertiary/aromatic N) is 3. The lowest BCUT2D eigenvalue weighted by Crippen LogP contribution is -2.36. The molecule has 3 heterocycles. The van der Waals surface area contributed by atoms with Crippen LogP contribution in [-0.4, -0.2) is 38.9 Å². The Labute approximate surface area is 120 Å². The van der Waals surface area contributed by atoms with Gasteiger partial charge in [0.05, 0.1) is 0 Å². The molecule has 2 aromatic rings. The Morgan fingerprint density at radius 1 is 1.29 bits per heavy atom. The normalized spacial score (nSPS) is 16.5. The van der Waals surface area contributed by atoms with Gasteiger partial charge in [0.2, 0.25) is 5.95 Å². The second-order valence-corrected chi connectivity index (χ2v) is 5.43. The van der Waals surface area contributed by atoms with E-state index < -0.39 is 0 Å². The summed E-state index contributed by atoms with van der Waals surface area (Å²) in [6.45, 7) is 2.36. The number of rotatable bonds is 3. The number of imidazole rings is 1. The molecule has 0 unspecified atom stereocenters. The van der Waals surface area contributed by atoms with E-state index in [2.05, 4.69) is 15.3 Å². The van der Waals surface area contributed by atoms with E-state index in [-0.39, 0.29) is 11.2 Å². The summed E-state index contributed by atoms with van der Waals surface area (Å²) in [5, 5.41) is 3.21. The minimum Gasteiger partial charge on any atom is -0.381 e. The van der Waals surface area contributed by atoms with E-state index in [9.17, 15) is 9.59 Å². The molecule has 0 radical (unpaired) electrons. The molecule has 3 rings (SSSR count). The molecule has 21 heavy (non-hydrogen) atoms. The molecule has 1 aliphatic rings. The van der Waals surface area contributed by atoms with Gasteiger partial charge in [-0.15, -0.1) is 0 Å². The first-order valence-corrected chi connectivity index (χ1v) is 7.05. The Bertz CT molecular complexity index is 766. The van der Waals surface area contributed by atoms with Gasteiger partial charge in [-0.25, -0.2) is 4.79 Å². The van der Waals surface area contributed by atoms with E-state index in [0.29, 0.717) is 23.0 Å². The van der Waals surface area contributed by atoms with Crippen LogP contribution in [0.4, 0.5) is 5.95 Å². The number of hydrogen-bond acceptors (Lipinski definition) is 5. The van der Waals surface area contributed by atoms with Crippen molar-refractivity contribution in [3.63, 3.8) is 0 Å². The first kappa shape index (κ1) is 13.9. The number of nitrogens with one attached hydrogen (secondary N) is 2. The highest BCUT2D eigenvalue weighted by atomic mass is 16.5. The molecule has 0 aromatic carbocycles. The molecular formula is C13H19N5O3.